The molecular weight excluding hydrogens is 278 g/mol. The van der Waals surface area contributed by atoms with Crippen molar-refractivity contribution in [2.75, 3.05) is 40.0 Å². The zero-order valence-corrected chi connectivity index (χ0v) is 14.0. The molecule has 0 aromatic heterocycles. The van der Waals surface area contributed by atoms with Gasteiger partial charge in [0.2, 0.25) is 0 Å². The number of likely N-dealkylation sites (tertiary alicyclic amines) is 1. The summed E-state index contributed by atoms with van der Waals surface area (Å²) in [6.07, 6.45) is 1.86. The van der Waals surface area contributed by atoms with E-state index in [0.717, 1.165) is 43.9 Å². The fourth-order valence-electron chi connectivity index (χ4n) is 2.97. The van der Waals surface area contributed by atoms with Crippen molar-refractivity contribution in [3.05, 3.63) is 29.3 Å². The first-order valence-corrected chi connectivity index (χ1v) is 8.18. The van der Waals surface area contributed by atoms with Crippen LogP contribution < -0.4 is 4.74 Å². The lowest BCUT2D eigenvalue weighted by molar-refractivity contribution is 0.0439. The molecule has 2 rings (SSSR count). The van der Waals surface area contributed by atoms with Crippen LogP contribution in [-0.2, 0) is 4.74 Å². The minimum atomic E-state index is -0.445. The Kier molecular flexibility index (Phi) is 6.68. The summed E-state index contributed by atoms with van der Waals surface area (Å²) in [6.45, 7) is 8.04. The van der Waals surface area contributed by atoms with Crippen molar-refractivity contribution in [3.63, 3.8) is 0 Å². The Bertz CT molecular complexity index is 456. The molecule has 1 aliphatic heterocycles. The molecule has 124 valence electrons. The van der Waals surface area contributed by atoms with E-state index in [4.69, 9.17) is 9.47 Å². The molecule has 0 radical (unpaired) electrons. The van der Waals surface area contributed by atoms with Gasteiger partial charge in [-0.1, -0.05) is 12.1 Å². The molecule has 1 unspecified atom stereocenters. The van der Waals surface area contributed by atoms with Gasteiger partial charge >= 0.3 is 0 Å². The first kappa shape index (κ1) is 17.3. The Labute approximate surface area is 134 Å². The van der Waals surface area contributed by atoms with E-state index in [1.807, 2.05) is 19.9 Å². The third-order valence-corrected chi connectivity index (χ3v) is 4.35. The lowest BCUT2D eigenvalue weighted by Crippen LogP contribution is -2.41. The molecule has 1 N–H and O–H groups in total. The number of piperidine rings is 1. The van der Waals surface area contributed by atoms with Crippen LogP contribution in [0.3, 0.4) is 0 Å². The van der Waals surface area contributed by atoms with E-state index in [0.29, 0.717) is 19.1 Å². The maximum Gasteiger partial charge on any atom is 0.122 e. The highest BCUT2D eigenvalue weighted by atomic mass is 16.5. The number of rotatable bonds is 7. The van der Waals surface area contributed by atoms with Crippen LogP contribution in [0.25, 0.3) is 0 Å². The minimum Gasteiger partial charge on any atom is -0.491 e. The van der Waals surface area contributed by atoms with Crippen LogP contribution in [0.2, 0.25) is 0 Å². The number of methoxy groups -OCH3 is 1. The van der Waals surface area contributed by atoms with E-state index in [9.17, 15) is 5.11 Å². The summed E-state index contributed by atoms with van der Waals surface area (Å²) < 4.78 is 11.0. The second-order valence-corrected chi connectivity index (χ2v) is 6.43. The largest absolute Gasteiger partial charge is 0.491 e. The molecule has 1 aromatic carbocycles. The maximum atomic E-state index is 10.2. The summed E-state index contributed by atoms with van der Waals surface area (Å²) in [6, 6.07) is 6.15. The summed E-state index contributed by atoms with van der Waals surface area (Å²) >= 11 is 0. The molecule has 0 bridgehead atoms. The van der Waals surface area contributed by atoms with Crippen molar-refractivity contribution in [1.82, 2.24) is 4.90 Å². The standard InChI is InChI=1S/C18H29NO3/c1-14-4-5-15(2)18(10-14)22-13-17(20)11-19-8-6-16(7-9-19)12-21-3/h4-5,10,16-17,20H,6-9,11-13H2,1-3H3. The normalized spacial score (nSPS) is 18.4. The van der Waals surface area contributed by atoms with Gasteiger partial charge < -0.3 is 19.5 Å². The van der Waals surface area contributed by atoms with Gasteiger partial charge in [-0.25, -0.2) is 0 Å². The Morgan fingerprint density at radius 2 is 2.00 bits per heavy atom. The van der Waals surface area contributed by atoms with E-state index >= 15 is 0 Å². The van der Waals surface area contributed by atoms with Crippen LogP contribution in [0.15, 0.2) is 18.2 Å². The second kappa shape index (κ2) is 8.51. The van der Waals surface area contributed by atoms with Gasteiger partial charge in [0.15, 0.2) is 0 Å². The minimum absolute atomic E-state index is 0.349. The third-order valence-electron chi connectivity index (χ3n) is 4.35. The molecule has 1 heterocycles. The summed E-state index contributed by atoms with van der Waals surface area (Å²) in [4.78, 5) is 2.32. The van der Waals surface area contributed by atoms with Gasteiger partial charge in [-0.2, -0.15) is 0 Å². The smallest absolute Gasteiger partial charge is 0.122 e. The highest BCUT2D eigenvalue weighted by molar-refractivity contribution is 5.35. The van der Waals surface area contributed by atoms with Crippen molar-refractivity contribution >= 4 is 0 Å². The molecule has 1 atom stereocenters. The zero-order valence-electron chi connectivity index (χ0n) is 14.0. The van der Waals surface area contributed by atoms with Crippen molar-refractivity contribution in [3.8, 4) is 5.75 Å². The zero-order chi connectivity index (χ0) is 15.9. The molecule has 1 saturated heterocycles. The number of aliphatic hydroxyl groups excluding tert-OH is 1. The van der Waals surface area contributed by atoms with Crippen LogP contribution >= 0.6 is 0 Å². The molecular formula is C18H29NO3. The van der Waals surface area contributed by atoms with E-state index in [1.165, 1.54) is 5.56 Å². The van der Waals surface area contributed by atoms with Gasteiger partial charge in [-0.15, -0.1) is 0 Å². The van der Waals surface area contributed by atoms with E-state index < -0.39 is 6.10 Å². The van der Waals surface area contributed by atoms with Gasteiger partial charge in [0.1, 0.15) is 18.5 Å². The number of aliphatic hydroxyl groups is 1. The van der Waals surface area contributed by atoms with Gasteiger partial charge in [0, 0.05) is 20.3 Å². The van der Waals surface area contributed by atoms with E-state index in [1.54, 1.807) is 7.11 Å². The third kappa shape index (κ3) is 5.27. The molecule has 0 saturated carbocycles. The monoisotopic (exact) mass is 307 g/mol. The second-order valence-electron chi connectivity index (χ2n) is 6.43. The quantitative estimate of drug-likeness (QED) is 0.840. The Hall–Kier alpha value is -1.10. The van der Waals surface area contributed by atoms with E-state index in [2.05, 4.69) is 17.0 Å². The van der Waals surface area contributed by atoms with Gasteiger partial charge in [0.05, 0.1) is 0 Å². The van der Waals surface area contributed by atoms with Crippen molar-refractivity contribution < 1.29 is 14.6 Å². The average molecular weight is 307 g/mol. The Morgan fingerprint density at radius 1 is 1.27 bits per heavy atom. The lowest BCUT2D eigenvalue weighted by Gasteiger charge is -2.32. The number of benzene rings is 1. The van der Waals surface area contributed by atoms with E-state index in [-0.39, 0.29) is 0 Å². The van der Waals surface area contributed by atoms with Gasteiger partial charge in [-0.05, 0) is 62.9 Å². The van der Waals surface area contributed by atoms with Crippen LogP contribution in [0.4, 0.5) is 0 Å². The number of hydrogen-bond acceptors (Lipinski definition) is 4. The predicted molar refractivity (Wildman–Crippen MR) is 88.5 cm³/mol. The van der Waals surface area contributed by atoms with Crippen LogP contribution in [0.5, 0.6) is 5.75 Å². The summed E-state index contributed by atoms with van der Waals surface area (Å²) in [5.74, 6) is 1.54. The first-order chi connectivity index (χ1) is 10.6. The van der Waals surface area contributed by atoms with Crippen LogP contribution in [0, 0.1) is 19.8 Å². The molecule has 0 spiro atoms. The fourth-order valence-corrected chi connectivity index (χ4v) is 2.97. The number of hydrogen-bond donors (Lipinski definition) is 1. The summed E-state index contributed by atoms with van der Waals surface area (Å²) in [5.41, 5.74) is 2.29. The highest BCUT2D eigenvalue weighted by Gasteiger charge is 2.21. The number of aryl methyl sites for hydroxylation is 2. The first-order valence-electron chi connectivity index (χ1n) is 8.18. The van der Waals surface area contributed by atoms with Gasteiger partial charge in [0.25, 0.3) is 0 Å². The molecule has 4 heteroatoms. The van der Waals surface area contributed by atoms with Gasteiger partial charge in [-0.3, -0.25) is 0 Å². The molecule has 4 nitrogen and oxygen atoms in total. The fraction of sp³-hybridized carbons (Fsp3) is 0.667. The maximum absolute atomic E-state index is 10.2. The molecule has 0 amide bonds. The summed E-state index contributed by atoms with van der Waals surface area (Å²) in [5, 5.41) is 10.2. The van der Waals surface area contributed by atoms with Crippen LogP contribution in [0.1, 0.15) is 24.0 Å². The molecule has 1 aliphatic rings. The number of ether oxygens (including phenoxy) is 2. The molecule has 0 aliphatic carbocycles. The Morgan fingerprint density at radius 3 is 2.68 bits per heavy atom. The Balaban J connectivity index is 1.72. The summed E-state index contributed by atoms with van der Waals surface area (Å²) in [7, 11) is 1.76. The SMILES string of the molecule is COCC1CCN(CC(O)COc2cc(C)ccc2C)CC1. The average Bonchev–Trinajstić information content (AvgIpc) is 2.50. The molecule has 1 aromatic rings. The van der Waals surface area contributed by atoms with Crippen molar-refractivity contribution in [2.45, 2.75) is 32.8 Å². The number of nitrogens with zero attached hydrogens (tertiary/aromatic N) is 1. The molecule has 1 fully saturated rings. The predicted octanol–water partition coefficient (Wildman–Crippen LogP) is 2.40. The number of β-amino-alcohol motifs (C(OH)–C–C–N with tert-alkyl or cyclic N) is 1. The lowest BCUT2D eigenvalue weighted by atomic mass is 9.97. The highest BCUT2D eigenvalue weighted by Crippen LogP contribution is 2.20. The van der Waals surface area contributed by atoms with Crippen molar-refractivity contribution in [1.29, 1.82) is 0 Å². The van der Waals surface area contributed by atoms with Crippen molar-refractivity contribution in [2.24, 2.45) is 5.92 Å². The van der Waals surface area contributed by atoms with Crippen LogP contribution in [-0.4, -0.2) is 56.1 Å². The molecule has 22 heavy (non-hydrogen) atoms. The topological polar surface area (TPSA) is 41.9 Å².